The number of amides is 1. The molecule has 1 amide bonds. The summed E-state index contributed by atoms with van der Waals surface area (Å²) >= 11 is 0. The van der Waals surface area contributed by atoms with E-state index in [-0.39, 0.29) is 12.1 Å². The molecule has 75 valence electrons. The second-order valence-corrected chi connectivity index (χ2v) is 3.29. The predicted octanol–water partition coefficient (Wildman–Crippen LogP) is 0.179. The molecule has 1 heterocycles. The van der Waals surface area contributed by atoms with E-state index in [9.17, 15) is 4.79 Å². The first-order chi connectivity index (χ1) is 6.33. The maximum atomic E-state index is 10.7. The summed E-state index contributed by atoms with van der Waals surface area (Å²) in [5, 5.41) is 0. The molecule has 4 nitrogen and oxygen atoms in total. The second-order valence-electron chi connectivity index (χ2n) is 3.29. The molecule has 1 rings (SSSR count). The summed E-state index contributed by atoms with van der Waals surface area (Å²) in [6, 6.07) is 0.366. The van der Waals surface area contributed by atoms with Crippen LogP contribution in [0.25, 0.3) is 0 Å². The van der Waals surface area contributed by atoms with Crippen LogP contribution in [0, 0.1) is 0 Å². The average molecular weight is 186 g/mol. The first-order valence-corrected chi connectivity index (χ1v) is 4.47. The van der Waals surface area contributed by atoms with Crippen molar-refractivity contribution in [3.8, 4) is 0 Å². The zero-order chi connectivity index (χ0) is 9.68. The lowest BCUT2D eigenvalue weighted by Crippen LogP contribution is -2.39. The number of methoxy groups -OCH3 is 2. The summed E-state index contributed by atoms with van der Waals surface area (Å²) in [4.78, 5) is 12.4. The molecule has 13 heavy (non-hydrogen) atoms. The van der Waals surface area contributed by atoms with Crippen LogP contribution in [0.3, 0.4) is 0 Å². The Morgan fingerprint density at radius 1 is 1.23 bits per heavy atom. The molecule has 1 fully saturated rings. The monoisotopic (exact) mass is 186 g/mol. The van der Waals surface area contributed by atoms with Gasteiger partial charge in [0.15, 0.2) is 0 Å². The van der Waals surface area contributed by atoms with E-state index in [1.54, 1.807) is 19.1 Å². The Balaban J connectivity index is 2.47. The number of likely N-dealkylation sites (tertiary alicyclic amines) is 1. The molecule has 0 aromatic heterocycles. The van der Waals surface area contributed by atoms with Gasteiger partial charge in [-0.05, 0) is 12.8 Å². The highest BCUT2D eigenvalue weighted by Crippen LogP contribution is 2.22. The fraction of sp³-hybridized carbons (Fsp3) is 0.889. The van der Waals surface area contributed by atoms with Crippen molar-refractivity contribution in [1.29, 1.82) is 0 Å². The largest absolute Gasteiger partial charge is 0.383 e. The molecule has 1 radical (unpaired) electrons. The van der Waals surface area contributed by atoms with Gasteiger partial charge in [0.1, 0.15) is 0 Å². The van der Waals surface area contributed by atoms with E-state index in [1.807, 2.05) is 6.41 Å². The predicted molar refractivity (Wildman–Crippen MR) is 48.1 cm³/mol. The van der Waals surface area contributed by atoms with Gasteiger partial charge in [-0.2, -0.15) is 0 Å². The zero-order valence-corrected chi connectivity index (χ0v) is 8.16. The molecule has 1 aliphatic rings. The van der Waals surface area contributed by atoms with Gasteiger partial charge < -0.3 is 14.4 Å². The Morgan fingerprint density at radius 3 is 2.00 bits per heavy atom. The number of rotatable bonds is 5. The van der Waals surface area contributed by atoms with E-state index in [0.717, 1.165) is 12.8 Å². The van der Waals surface area contributed by atoms with Gasteiger partial charge in [0.2, 0.25) is 0 Å². The topological polar surface area (TPSA) is 38.8 Å². The summed E-state index contributed by atoms with van der Waals surface area (Å²) in [7, 11) is 3.29. The van der Waals surface area contributed by atoms with Gasteiger partial charge in [0, 0.05) is 14.2 Å². The Kier molecular flexibility index (Phi) is 4.18. The standard InChI is InChI=1S/C9H16NO3/c1-12-5-8-3-4-9(6-13-2)10(8)7-11/h8-9H,3-6H2,1-2H3. The van der Waals surface area contributed by atoms with Crippen LogP contribution in [0.15, 0.2) is 0 Å². The first kappa shape index (κ1) is 10.5. The van der Waals surface area contributed by atoms with Gasteiger partial charge in [0.25, 0.3) is 0 Å². The molecule has 0 bridgehead atoms. The first-order valence-electron chi connectivity index (χ1n) is 4.47. The van der Waals surface area contributed by atoms with Gasteiger partial charge in [-0.25, -0.2) is 0 Å². The minimum atomic E-state index is 0.183. The third-order valence-electron chi connectivity index (χ3n) is 2.44. The van der Waals surface area contributed by atoms with Crippen LogP contribution in [-0.2, 0) is 14.3 Å². The lowest BCUT2D eigenvalue weighted by Gasteiger charge is -2.24. The molecule has 0 aliphatic carbocycles. The highest BCUT2D eigenvalue weighted by molar-refractivity contribution is 5.50. The minimum Gasteiger partial charge on any atom is -0.383 e. The van der Waals surface area contributed by atoms with Crippen LogP contribution in [0.5, 0.6) is 0 Å². The number of nitrogens with zero attached hydrogens (tertiary/aromatic N) is 1. The molecule has 0 saturated carbocycles. The van der Waals surface area contributed by atoms with Crippen LogP contribution < -0.4 is 0 Å². The van der Waals surface area contributed by atoms with Crippen LogP contribution in [0.1, 0.15) is 12.8 Å². The molecular formula is C9H16NO3. The van der Waals surface area contributed by atoms with E-state index < -0.39 is 0 Å². The molecule has 0 aromatic carbocycles. The highest BCUT2D eigenvalue weighted by Gasteiger charge is 2.32. The molecule has 0 spiro atoms. The average Bonchev–Trinajstić information content (AvgIpc) is 2.49. The number of ether oxygens (including phenoxy) is 2. The molecule has 1 aliphatic heterocycles. The van der Waals surface area contributed by atoms with Gasteiger partial charge >= 0.3 is 6.41 Å². The van der Waals surface area contributed by atoms with Crippen molar-refractivity contribution in [3.63, 3.8) is 0 Å². The van der Waals surface area contributed by atoms with Gasteiger partial charge in [-0.15, -0.1) is 0 Å². The van der Waals surface area contributed by atoms with Gasteiger partial charge in [-0.3, -0.25) is 4.79 Å². The smallest absolute Gasteiger partial charge is 0.312 e. The van der Waals surface area contributed by atoms with Crippen molar-refractivity contribution < 1.29 is 14.3 Å². The van der Waals surface area contributed by atoms with Crippen LogP contribution in [0.4, 0.5) is 0 Å². The molecule has 0 aromatic rings. The summed E-state index contributed by atoms with van der Waals surface area (Å²) in [5.41, 5.74) is 0. The summed E-state index contributed by atoms with van der Waals surface area (Å²) in [6.07, 6.45) is 3.92. The van der Waals surface area contributed by atoms with Crippen molar-refractivity contribution in [2.24, 2.45) is 0 Å². The maximum absolute atomic E-state index is 10.7. The quantitative estimate of drug-likeness (QED) is 0.614. The summed E-state index contributed by atoms with van der Waals surface area (Å²) in [6.45, 7) is 1.19. The number of carbonyl (C=O) groups excluding carboxylic acids is 1. The Morgan fingerprint density at radius 2 is 1.69 bits per heavy atom. The lowest BCUT2D eigenvalue weighted by atomic mass is 10.2. The Bertz CT molecular complexity index is 149. The van der Waals surface area contributed by atoms with Crippen molar-refractivity contribution in [2.75, 3.05) is 27.4 Å². The fourth-order valence-electron chi connectivity index (χ4n) is 1.82. The number of hydrogen-bond acceptors (Lipinski definition) is 3. The third kappa shape index (κ3) is 2.42. The van der Waals surface area contributed by atoms with E-state index in [1.165, 1.54) is 0 Å². The fourth-order valence-corrected chi connectivity index (χ4v) is 1.82. The summed E-state index contributed by atoms with van der Waals surface area (Å²) in [5.74, 6) is 0. The van der Waals surface area contributed by atoms with E-state index >= 15 is 0 Å². The third-order valence-corrected chi connectivity index (χ3v) is 2.44. The van der Waals surface area contributed by atoms with E-state index in [4.69, 9.17) is 9.47 Å². The minimum absolute atomic E-state index is 0.183. The van der Waals surface area contributed by atoms with Gasteiger partial charge in [0.05, 0.1) is 25.3 Å². The van der Waals surface area contributed by atoms with Crippen LogP contribution >= 0.6 is 0 Å². The van der Waals surface area contributed by atoms with Crippen LogP contribution in [0.2, 0.25) is 0 Å². The second kappa shape index (κ2) is 5.19. The van der Waals surface area contributed by atoms with E-state index in [0.29, 0.717) is 13.2 Å². The summed E-state index contributed by atoms with van der Waals surface area (Å²) < 4.78 is 10.0. The van der Waals surface area contributed by atoms with Crippen molar-refractivity contribution >= 4 is 6.41 Å². The molecule has 4 heteroatoms. The molecule has 2 unspecified atom stereocenters. The van der Waals surface area contributed by atoms with Crippen molar-refractivity contribution in [2.45, 2.75) is 24.9 Å². The molecular weight excluding hydrogens is 170 g/mol. The normalized spacial score (nSPS) is 28.0. The van der Waals surface area contributed by atoms with Crippen LogP contribution in [-0.4, -0.2) is 50.8 Å². The Labute approximate surface area is 78.8 Å². The number of hydrogen-bond donors (Lipinski definition) is 0. The lowest BCUT2D eigenvalue weighted by molar-refractivity contribution is 0.102. The molecule has 2 atom stereocenters. The molecule has 1 saturated heterocycles. The molecule has 0 N–H and O–H groups in total. The Hall–Kier alpha value is -0.610. The highest BCUT2D eigenvalue weighted by atomic mass is 16.5. The van der Waals surface area contributed by atoms with Crippen molar-refractivity contribution in [1.82, 2.24) is 4.90 Å². The SMILES string of the molecule is COCC1CCC(COC)N1[C]=O. The zero-order valence-electron chi connectivity index (χ0n) is 8.16. The van der Waals surface area contributed by atoms with Crippen molar-refractivity contribution in [3.05, 3.63) is 0 Å². The maximum Gasteiger partial charge on any atom is 0.312 e. The van der Waals surface area contributed by atoms with E-state index in [2.05, 4.69) is 0 Å². The van der Waals surface area contributed by atoms with Gasteiger partial charge in [-0.1, -0.05) is 0 Å².